The lowest BCUT2D eigenvalue weighted by molar-refractivity contribution is -0.116. The summed E-state index contributed by atoms with van der Waals surface area (Å²) < 4.78 is 17.3. The zero-order valence-corrected chi connectivity index (χ0v) is 21.2. The molecule has 5 nitrogen and oxygen atoms in total. The highest BCUT2D eigenvalue weighted by Gasteiger charge is 2.16. The van der Waals surface area contributed by atoms with Crippen LogP contribution in [0.25, 0.3) is 38.4 Å². The van der Waals surface area contributed by atoms with Crippen LogP contribution in [0, 0.1) is 0 Å². The minimum absolute atomic E-state index is 0.187. The van der Waals surface area contributed by atoms with Crippen molar-refractivity contribution in [3.63, 3.8) is 0 Å². The number of nitrogens with one attached hydrogen (secondary N) is 1. The highest BCUT2D eigenvalue weighted by Crippen LogP contribution is 2.38. The molecule has 1 amide bonds. The Kier molecular flexibility index (Phi) is 6.95. The van der Waals surface area contributed by atoms with Crippen LogP contribution in [0.2, 0.25) is 0 Å². The van der Waals surface area contributed by atoms with Crippen molar-refractivity contribution in [1.29, 1.82) is 0 Å². The van der Waals surface area contributed by atoms with Gasteiger partial charge in [0.15, 0.2) is 0 Å². The highest BCUT2D eigenvalue weighted by atomic mass is 16.5. The van der Waals surface area contributed by atoms with E-state index in [0.717, 1.165) is 44.5 Å². The van der Waals surface area contributed by atoms with Crippen molar-refractivity contribution >= 4 is 33.2 Å². The summed E-state index contributed by atoms with van der Waals surface area (Å²) >= 11 is 0. The number of carbonyl (C=O) groups excluding carboxylic acids is 1. The molecule has 0 aliphatic carbocycles. The molecule has 0 spiro atoms. The molecule has 0 saturated heterocycles. The lowest BCUT2D eigenvalue weighted by Gasteiger charge is -2.12. The summed E-state index contributed by atoms with van der Waals surface area (Å²) in [5.41, 5.74) is 5.38. The molecular formula is C32H29NO4. The number of rotatable bonds is 8. The Morgan fingerprint density at radius 1 is 0.946 bits per heavy atom. The third-order valence-corrected chi connectivity index (χ3v) is 6.45. The summed E-state index contributed by atoms with van der Waals surface area (Å²) in [4.78, 5) is 12.8. The molecule has 37 heavy (non-hydrogen) atoms. The maximum atomic E-state index is 12.8. The average molecular weight is 492 g/mol. The van der Waals surface area contributed by atoms with E-state index in [4.69, 9.17) is 13.9 Å². The Bertz CT molecular complexity index is 1610. The first kappa shape index (κ1) is 24.2. The fraction of sp³-hybridized carbons (Fsp3) is 0.156. The number of para-hydroxylation sites is 1. The second kappa shape index (κ2) is 10.6. The maximum absolute atomic E-state index is 12.8. The van der Waals surface area contributed by atoms with E-state index in [0.29, 0.717) is 18.9 Å². The maximum Gasteiger partial charge on any atom is 0.244 e. The monoisotopic (exact) mass is 491 g/mol. The molecule has 0 saturated carbocycles. The number of benzene rings is 4. The van der Waals surface area contributed by atoms with Gasteiger partial charge in [0.25, 0.3) is 0 Å². The van der Waals surface area contributed by atoms with E-state index in [-0.39, 0.29) is 5.91 Å². The summed E-state index contributed by atoms with van der Waals surface area (Å²) in [5.74, 6) is 1.24. The average Bonchev–Trinajstić information content (AvgIpc) is 3.34. The minimum atomic E-state index is -0.187. The number of allylic oxidation sites excluding steroid dienone is 1. The van der Waals surface area contributed by atoms with Crippen molar-refractivity contribution in [3.8, 4) is 22.6 Å². The van der Waals surface area contributed by atoms with Gasteiger partial charge in [-0.05, 0) is 54.0 Å². The van der Waals surface area contributed by atoms with Crippen LogP contribution in [-0.4, -0.2) is 19.6 Å². The summed E-state index contributed by atoms with van der Waals surface area (Å²) in [5, 5.41) is 6.29. The van der Waals surface area contributed by atoms with Gasteiger partial charge in [0.05, 0.1) is 20.0 Å². The zero-order chi connectivity index (χ0) is 25.8. The lowest BCUT2D eigenvalue weighted by atomic mass is 9.97. The first-order chi connectivity index (χ1) is 18.1. The molecule has 5 heteroatoms. The molecule has 1 N–H and O–H groups in total. The standard InChI is InChI=1S/C32H29NO4/c1-4-36-30-18-31-27(28(20-37-31)24-14-13-22-9-5-6-10-23(22)16-24)17-26(30)21(2)15-32(34)33-19-25-11-7-8-12-29(25)35-3/h5-18,20H,4,19H2,1-3H3,(H,33,34)/b21-15+. The van der Waals surface area contributed by atoms with E-state index in [1.54, 1.807) is 19.4 Å². The fourth-order valence-electron chi connectivity index (χ4n) is 4.58. The molecule has 0 atom stereocenters. The number of methoxy groups -OCH3 is 1. The molecule has 186 valence electrons. The second-order valence-corrected chi connectivity index (χ2v) is 8.85. The topological polar surface area (TPSA) is 60.7 Å². The van der Waals surface area contributed by atoms with Crippen LogP contribution < -0.4 is 14.8 Å². The number of hydrogen-bond donors (Lipinski definition) is 1. The van der Waals surface area contributed by atoms with Crippen molar-refractivity contribution in [2.24, 2.45) is 0 Å². The van der Waals surface area contributed by atoms with Gasteiger partial charge in [0.1, 0.15) is 17.1 Å². The third-order valence-electron chi connectivity index (χ3n) is 6.45. The van der Waals surface area contributed by atoms with Gasteiger partial charge in [0, 0.05) is 40.8 Å². The van der Waals surface area contributed by atoms with Crippen LogP contribution in [0.1, 0.15) is 25.0 Å². The molecular weight excluding hydrogens is 462 g/mol. The number of furan rings is 1. The predicted octanol–water partition coefficient (Wildman–Crippen LogP) is 7.38. The molecule has 5 rings (SSSR count). The van der Waals surface area contributed by atoms with Gasteiger partial charge in [-0.3, -0.25) is 4.79 Å². The predicted molar refractivity (Wildman–Crippen MR) is 149 cm³/mol. The molecule has 1 aromatic heterocycles. The first-order valence-corrected chi connectivity index (χ1v) is 12.3. The molecule has 0 aliphatic heterocycles. The summed E-state index contributed by atoms with van der Waals surface area (Å²) in [6.45, 7) is 4.74. The Morgan fingerprint density at radius 2 is 1.73 bits per heavy atom. The number of ether oxygens (including phenoxy) is 2. The van der Waals surface area contributed by atoms with E-state index in [1.165, 1.54) is 10.8 Å². The normalized spacial score (nSPS) is 11.6. The van der Waals surface area contributed by atoms with Crippen LogP contribution in [0.15, 0.2) is 95.6 Å². The largest absolute Gasteiger partial charge is 0.496 e. The van der Waals surface area contributed by atoms with E-state index < -0.39 is 0 Å². The summed E-state index contributed by atoms with van der Waals surface area (Å²) in [7, 11) is 1.62. The molecule has 1 heterocycles. The minimum Gasteiger partial charge on any atom is -0.496 e. The summed E-state index contributed by atoms with van der Waals surface area (Å²) in [6.07, 6.45) is 3.39. The Morgan fingerprint density at radius 3 is 2.54 bits per heavy atom. The van der Waals surface area contributed by atoms with Crippen LogP contribution in [-0.2, 0) is 11.3 Å². The van der Waals surface area contributed by atoms with Gasteiger partial charge in [0.2, 0.25) is 5.91 Å². The number of fused-ring (bicyclic) bond motifs is 2. The van der Waals surface area contributed by atoms with Crippen LogP contribution in [0.4, 0.5) is 0 Å². The van der Waals surface area contributed by atoms with Gasteiger partial charge >= 0.3 is 0 Å². The van der Waals surface area contributed by atoms with Crippen LogP contribution >= 0.6 is 0 Å². The van der Waals surface area contributed by atoms with Gasteiger partial charge in [-0.2, -0.15) is 0 Å². The fourth-order valence-corrected chi connectivity index (χ4v) is 4.58. The molecule has 0 fully saturated rings. The van der Waals surface area contributed by atoms with Crippen LogP contribution in [0.3, 0.4) is 0 Å². The molecule has 5 aromatic rings. The SMILES string of the molecule is CCOc1cc2occ(-c3ccc4ccccc4c3)c2cc1/C(C)=C/C(=O)NCc1ccccc1OC. The molecule has 4 aromatic carbocycles. The van der Waals surface area contributed by atoms with Gasteiger partial charge in [-0.15, -0.1) is 0 Å². The second-order valence-electron chi connectivity index (χ2n) is 8.85. The Hall–Kier alpha value is -4.51. The van der Waals surface area contributed by atoms with Crippen molar-refractivity contribution in [1.82, 2.24) is 5.32 Å². The summed E-state index contributed by atoms with van der Waals surface area (Å²) in [6, 6.07) is 26.3. The number of hydrogen-bond acceptors (Lipinski definition) is 4. The number of amides is 1. The van der Waals surface area contributed by atoms with Gasteiger partial charge < -0.3 is 19.2 Å². The quantitative estimate of drug-likeness (QED) is 0.230. The van der Waals surface area contributed by atoms with Crippen molar-refractivity contribution in [3.05, 3.63) is 102 Å². The first-order valence-electron chi connectivity index (χ1n) is 12.3. The van der Waals surface area contributed by atoms with E-state index in [2.05, 4.69) is 35.6 Å². The molecule has 0 radical (unpaired) electrons. The van der Waals surface area contributed by atoms with Crippen molar-refractivity contribution in [2.45, 2.75) is 20.4 Å². The Labute approximate surface area is 216 Å². The van der Waals surface area contributed by atoms with Crippen LogP contribution in [0.5, 0.6) is 11.5 Å². The van der Waals surface area contributed by atoms with Gasteiger partial charge in [-0.25, -0.2) is 0 Å². The third kappa shape index (κ3) is 5.07. The van der Waals surface area contributed by atoms with Crippen molar-refractivity contribution < 1.29 is 18.7 Å². The van der Waals surface area contributed by atoms with E-state index in [9.17, 15) is 4.79 Å². The van der Waals surface area contributed by atoms with Crippen molar-refractivity contribution in [2.75, 3.05) is 13.7 Å². The molecule has 0 bridgehead atoms. The molecule has 0 aliphatic rings. The Balaban J connectivity index is 1.48. The highest BCUT2D eigenvalue weighted by molar-refractivity contribution is 6.01. The smallest absolute Gasteiger partial charge is 0.244 e. The van der Waals surface area contributed by atoms with E-state index in [1.807, 2.05) is 62.4 Å². The molecule has 0 unspecified atom stereocenters. The van der Waals surface area contributed by atoms with Gasteiger partial charge in [-0.1, -0.05) is 54.6 Å². The number of carbonyl (C=O) groups is 1. The lowest BCUT2D eigenvalue weighted by Crippen LogP contribution is -2.21. The van der Waals surface area contributed by atoms with E-state index >= 15 is 0 Å². The zero-order valence-electron chi connectivity index (χ0n) is 21.2.